The van der Waals surface area contributed by atoms with Crippen LogP contribution in [0.2, 0.25) is 10.0 Å². The number of para-hydroxylation sites is 1. The summed E-state index contributed by atoms with van der Waals surface area (Å²) in [7, 11) is 0. The van der Waals surface area contributed by atoms with Gasteiger partial charge in [-0.2, -0.15) is 0 Å². The number of nitrogens with two attached hydrogens (primary N) is 1. The molecule has 2 aromatic carbocycles. The number of benzene rings is 2. The summed E-state index contributed by atoms with van der Waals surface area (Å²) < 4.78 is 5.92. The van der Waals surface area contributed by atoms with E-state index in [-0.39, 0.29) is 5.41 Å². The molecule has 0 fully saturated rings. The topological polar surface area (TPSA) is 35.2 Å². The van der Waals surface area contributed by atoms with Crippen LogP contribution in [0.1, 0.15) is 11.1 Å². The number of hydrogen-bond acceptors (Lipinski definition) is 2. The first kappa shape index (κ1) is 14.7. The molecule has 0 amide bonds. The summed E-state index contributed by atoms with van der Waals surface area (Å²) in [5.74, 6) is 0.957. The van der Waals surface area contributed by atoms with Crippen LogP contribution < -0.4 is 10.5 Å². The minimum Gasteiger partial charge on any atom is -0.493 e. The minimum absolute atomic E-state index is 0.136. The van der Waals surface area contributed by atoms with E-state index in [1.807, 2.05) is 30.3 Å². The van der Waals surface area contributed by atoms with Gasteiger partial charge in [-0.3, -0.25) is 0 Å². The summed E-state index contributed by atoms with van der Waals surface area (Å²) in [5.41, 5.74) is 8.17. The molecule has 3 rings (SSSR count). The fourth-order valence-corrected chi connectivity index (χ4v) is 3.26. The van der Waals surface area contributed by atoms with E-state index in [0.717, 1.165) is 29.2 Å². The zero-order chi connectivity index (χ0) is 14.9. The summed E-state index contributed by atoms with van der Waals surface area (Å²) in [6, 6.07) is 13.7. The molecule has 1 atom stereocenters. The summed E-state index contributed by atoms with van der Waals surface area (Å²) in [6.45, 7) is 1.15. The van der Waals surface area contributed by atoms with Crippen molar-refractivity contribution in [3.63, 3.8) is 0 Å². The van der Waals surface area contributed by atoms with Crippen LogP contribution in [0.4, 0.5) is 0 Å². The number of ether oxygens (including phenoxy) is 1. The Balaban J connectivity index is 1.90. The van der Waals surface area contributed by atoms with Gasteiger partial charge in [0, 0.05) is 22.0 Å². The van der Waals surface area contributed by atoms with Gasteiger partial charge < -0.3 is 10.5 Å². The van der Waals surface area contributed by atoms with Crippen molar-refractivity contribution in [3.05, 3.63) is 63.6 Å². The average molecular weight is 322 g/mol. The molecule has 1 aliphatic rings. The van der Waals surface area contributed by atoms with Crippen LogP contribution in [-0.4, -0.2) is 13.2 Å². The first-order valence-electron chi connectivity index (χ1n) is 6.97. The van der Waals surface area contributed by atoms with Crippen molar-refractivity contribution in [1.82, 2.24) is 0 Å². The third kappa shape index (κ3) is 3.03. The maximum atomic E-state index is 6.29. The minimum atomic E-state index is -0.136. The highest BCUT2D eigenvalue weighted by Crippen LogP contribution is 2.38. The van der Waals surface area contributed by atoms with E-state index in [4.69, 9.17) is 33.7 Å². The van der Waals surface area contributed by atoms with Crippen LogP contribution in [-0.2, 0) is 12.8 Å². The first-order chi connectivity index (χ1) is 10.1. The molecule has 2 nitrogen and oxygen atoms in total. The Labute approximate surface area is 134 Å². The zero-order valence-corrected chi connectivity index (χ0v) is 13.1. The van der Waals surface area contributed by atoms with Crippen LogP contribution in [0.15, 0.2) is 42.5 Å². The number of hydrogen-bond donors (Lipinski definition) is 1. The van der Waals surface area contributed by atoms with Crippen LogP contribution in [0, 0.1) is 5.41 Å². The lowest BCUT2D eigenvalue weighted by Gasteiger charge is -2.37. The maximum Gasteiger partial charge on any atom is 0.122 e. The van der Waals surface area contributed by atoms with E-state index in [9.17, 15) is 0 Å². The highest BCUT2D eigenvalue weighted by molar-refractivity contribution is 6.33. The van der Waals surface area contributed by atoms with Gasteiger partial charge in [-0.1, -0.05) is 41.4 Å². The molecule has 4 heteroatoms. The molecule has 110 valence electrons. The van der Waals surface area contributed by atoms with Gasteiger partial charge in [0.2, 0.25) is 0 Å². The molecule has 1 heterocycles. The molecule has 0 radical (unpaired) electrons. The first-order valence-corrected chi connectivity index (χ1v) is 7.72. The standard InChI is InChI=1S/C17H17Cl2NO/c18-14-5-6-15(19)13(7-14)9-17(10-20)8-12-3-1-2-4-16(12)21-11-17/h1-7H,8-11,20H2. The van der Waals surface area contributed by atoms with Crippen molar-refractivity contribution >= 4 is 23.2 Å². The lowest BCUT2D eigenvalue weighted by atomic mass is 9.75. The normalized spacial score (nSPS) is 20.7. The number of rotatable bonds is 3. The number of fused-ring (bicyclic) bond motifs is 1. The Kier molecular flexibility index (Phi) is 4.12. The molecule has 21 heavy (non-hydrogen) atoms. The van der Waals surface area contributed by atoms with Crippen LogP contribution >= 0.6 is 23.2 Å². The third-order valence-electron chi connectivity index (χ3n) is 4.08. The van der Waals surface area contributed by atoms with Crippen molar-refractivity contribution in [3.8, 4) is 5.75 Å². The summed E-state index contributed by atoms with van der Waals surface area (Å²) in [4.78, 5) is 0. The summed E-state index contributed by atoms with van der Waals surface area (Å²) >= 11 is 12.4. The van der Waals surface area contributed by atoms with Crippen molar-refractivity contribution in [2.45, 2.75) is 12.8 Å². The highest BCUT2D eigenvalue weighted by atomic mass is 35.5. The average Bonchev–Trinajstić information content (AvgIpc) is 2.51. The molecule has 0 aliphatic carbocycles. The second-order valence-corrected chi connectivity index (χ2v) is 6.53. The maximum absolute atomic E-state index is 6.29. The second-order valence-electron chi connectivity index (χ2n) is 5.69. The van der Waals surface area contributed by atoms with Gasteiger partial charge in [0.25, 0.3) is 0 Å². The van der Waals surface area contributed by atoms with Gasteiger partial charge in [-0.05, 0) is 48.2 Å². The van der Waals surface area contributed by atoms with Crippen LogP contribution in [0.3, 0.4) is 0 Å². The quantitative estimate of drug-likeness (QED) is 0.923. The van der Waals surface area contributed by atoms with Gasteiger partial charge in [0.15, 0.2) is 0 Å². The van der Waals surface area contributed by atoms with Gasteiger partial charge >= 0.3 is 0 Å². The van der Waals surface area contributed by atoms with E-state index < -0.39 is 0 Å². The van der Waals surface area contributed by atoms with Crippen molar-refractivity contribution in [2.75, 3.05) is 13.2 Å². The highest BCUT2D eigenvalue weighted by Gasteiger charge is 2.35. The van der Waals surface area contributed by atoms with Crippen molar-refractivity contribution in [1.29, 1.82) is 0 Å². The number of halogens is 2. The third-order valence-corrected chi connectivity index (χ3v) is 4.68. The Morgan fingerprint density at radius 3 is 2.76 bits per heavy atom. The molecular weight excluding hydrogens is 305 g/mol. The van der Waals surface area contributed by atoms with E-state index in [2.05, 4.69) is 6.07 Å². The molecule has 2 aromatic rings. The monoisotopic (exact) mass is 321 g/mol. The Morgan fingerprint density at radius 1 is 1.14 bits per heavy atom. The lowest BCUT2D eigenvalue weighted by Crippen LogP contribution is -2.43. The molecular formula is C17H17Cl2NO. The predicted molar refractivity (Wildman–Crippen MR) is 87.3 cm³/mol. The second kappa shape index (κ2) is 5.88. The molecule has 0 spiro atoms. The molecule has 0 saturated heterocycles. The Bertz CT molecular complexity index is 659. The molecule has 2 N–H and O–H groups in total. The SMILES string of the molecule is NCC1(Cc2cc(Cl)ccc2Cl)COc2ccccc2C1. The zero-order valence-electron chi connectivity index (χ0n) is 11.6. The summed E-state index contributed by atoms with van der Waals surface area (Å²) in [5, 5.41) is 1.42. The Morgan fingerprint density at radius 2 is 1.95 bits per heavy atom. The van der Waals surface area contributed by atoms with Crippen LogP contribution in [0.5, 0.6) is 5.75 Å². The molecule has 1 aliphatic heterocycles. The predicted octanol–water partition coefficient (Wildman–Crippen LogP) is 4.12. The fourth-order valence-electron chi connectivity index (χ4n) is 2.88. The van der Waals surface area contributed by atoms with Gasteiger partial charge in [-0.25, -0.2) is 0 Å². The van der Waals surface area contributed by atoms with E-state index >= 15 is 0 Å². The summed E-state index contributed by atoms with van der Waals surface area (Å²) in [6.07, 6.45) is 1.65. The Hall–Kier alpha value is -1.22. The van der Waals surface area contributed by atoms with Crippen LogP contribution in [0.25, 0.3) is 0 Å². The molecule has 1 unspecified atom stereocenters. The van der Waals surface area contributed by atoms with Gasteiger partial charge in [-0.15, -0.1) is 0 Å². The molecule has 0 aromatic heterocycles. The van der Waals surface area contributed by atoms with Gasteiger partial charge in [0.1, 0.15) is 5.75 Å². The van der Waals surface area contributed by atoms with Gasteiger partial charge in [0.05, 0.1) is 6.61 Å². The molecule has 0 bridgehead atoms. The van der Waals surface area contributed by atoms with Crippen molar-refractivity contribution in [2.24, 2.45) is 11.1 Å². The lowest BCUT2D eigenvalue weighted by molar-refractivity contribution is 0.126. The fraction of sp³-hybridized carbons (Fsp3) is 0.294. The van der Waals surface area contributed by atoms with E-state index in [0.29, 0.717) is 18.2 Å². The van der Waals surface area contributed by atoms with Crippen molar-refractivity contribution < 1.29 is 4.74 Å². The van der Waals surface area contributed by atoms with E-state index in [1.165, 1.54) is 5.56 Å². The molecule has 0 saturated carbocycles. The van der Waals surface area contributed by atoms with E-state index in [1.54, 1.807) is 6.07 Å². The largest absolute Gasteiger partial charge is 0.493 e. The smallest absolute Gasteiger partial charge is 0.122 e.